The van der Waals surface area contributed by atoms with Crippen molar-refractivity contribution in [1.29, 1.82) is 0 Å². The van der Waals surface area contributed by atoms with E-state index < -0.39 is 5.60 Å². The van der Waals surface area contributed by atoms with Crippen molar-refractivity contribution in [3.63, 3.8) is 0 Å². The lowest BCUT2D eigenvalue weighted by Gasteiger charge is -2.27. The molecule has 0 aromatic rings. The van der Waals surface area contributed by atoms with Gasteiger partial charge in [0.25, 0.3) is 0 Å². The number of carbonyl (C=O) groups excluding carboxylic acids is 2. The van der Waals surface area contributed by atoms with E-state index in [1.54, 1.807) is 0 Å². The van der Waals surface area contributed by atoms with E-state index in [2.05, 4.69) is 5.32 Å². The third-order valence-electron chi connectivity index (χ3n) is 2.69. The van der Waals surface area contributed by atoms with Crippen LogP contribution in [0, 0.1) is 5.92 Å². The summed E-state index contributed by atoms with van der Waals surface area (Å²) in [6, 6.07) is 0.158. The molecule has 16 heavy (non-hydrogen) atoms. The zero-order valence-electron chi connectivity index (χ0n) is 10.3. The van der Waals surface area contributed by atoms with Gasteiger partial charge in [0, 0.05) is 13.4 Å². The summed E-state index contributed by atoms with van der Waals surface area (Å²) in [7, 11) is 0. The second-order valence-corrected chi connectivity index (χ2v) is 5.39. The van der Waals surface area contributed by atoms with Gasteiger partial charge in [-0.2, -0.15) is 0 Å². The van der Waals surface area contributed by atoms with Crippen LogP contribution in [-0.4, -0.2) is 24.0 Å². The Morgan fingerprint density at radius 1 is 1.31 bits per heavy atom. The van der Waals surface area contributed by atoms with Gasteiger partial charge < -0.3 is 14.8 Å². The molecule has 1 rings (SSSR count). The molecular weight excluding hydrogens is 206 g/mol. The first-order chi connectivity index (χ1) is 7.40. The molecule has 0 aromatic carbocycles. The van der Waals surface area contributed by atoms with Crippen LogP contribution in [0.4, 0.5) is 4.79 Å². The van der Waals surface area contributed by atoms with Gasteiger partial charge >= 0.3 is 6.09 Å². The van der Waals surface area contributed by atoms with Gasteiger partial charge in [-0.1, -0.05) is 0 Å². The second-order valence-electron chi connectivity index (χ2n) is 5.39. The molecule has 1 fully saturated rings. The Kier molecular flexibility index (Phi) is 4.33. The number of aldehydes is 1. The predicted molar refractivity (Wildman–Crippen MR) is 63.3 cm³/mol. The van der Waals surface area contributed by atoms with Crippen LogP contribution in [0.5, 0.6) is 0 Å². The summed E-state index contributed by atoms with van der Waals surface area (Å²) in [5.41, 5.74) is -0.454. The normalized spacial score (nSPS) is 25.9. The molecule has 0 bridgehead atoms. The Morgan fingerprint density at radius 2 is 1.88 bits per heavy atom. The number of amides is 1. The molecule has 1 amide bonds. The zero-order valence-corrected chi connectivity index (χ0v) is 10.3. The first kappa shape index (κ1) is 13.0. The lowest BCUT2D eigenvalue weighted by atomic mass is 9.87. The lowest BCUT2D eigenvalue weighted by Crippen LogP contribution is -2.41. The quantitative estimate of drug-likeness (QED) is 0.740. The molecule has 0 aromatic heterocycles. The Labute approximate surface area is 98.2 Å². The molecule has 4 heteroatoms. The second kappa shape index (κ2) is 5.32. The van der Waals surface area contributed by atoms with E-state index in [-0.39, 0.29) is 19.5 Å². The maximum Gasteiger partial charge on any atom is 0.407 e. The van der Waals surface area contributed by atoms with Crippen molar-refractivity contribution in [2.75, 3.05) is 0 Å². The highest BCUT2D eigenvalue weighted by molar-refractivity contribution is 5.68. The molecule has 0 saturated heterocycles. The van der Waals surface area contributed by atoms with Crippen molar-refractivity contribution in [1.82, 2.24) is 5.32 Å². The van der Waals surface area contributed by atoms with Gasteiger partial charge in [-0.15, -0.1) is 0 Å². The number of rotatable bonds is 2. The minimum Gasteiger partial charge on any atom is -0.444 e. The van der Waals surface area contributed by atoms with Crippen molar-refractivity contribution >= 4 is 12.4 Å². The van der Waals surface area contributed by atoms with E-state index in [1.807, 2.05) is 20.8 Å². The zero-order chi connectivity index (χ0) is 12.2. The van der Waals surface area contributed by atoms with Crippen molar-refractivity contribution in [2.45, 2.75) is 58.1 Å². The van der Waals surface area contributed by atoms with E-state index in [4.69, 9.17) is 4.74 Å². The van der Waals surface area contributed by atoms with Crippen LogP contribution < -0.4 is 5.32 Å². The molecule has 1 N–H and O–H groups in total. The minimum atomic E-state index is -0.454. The SMILES string of the molecule is CC(C)(C)OC(=O)NC1CCC(C=O)CC1.[HH]. The summed E-state index contributed by atoms with van der Waals surface area (Å²) in [6.45, 7) is 5.53. The van der Waals surface area contributed by atoms with Crippen LogP contribution >= 0.6 is 0 Å². The summed E-state index contributed by atoms with van der Waals surface area (Å²) in [5, 5.41) is 2.84. The van der Waals surface area contributed by atoms with Crippen LogP contribution in [0.1, 0.15) is 47.9 Å². The van der Waals surface area contributed by atoms with Crippen LogP contribution in [0.15, 0.2) is 0 Å². The number of alkyl carbamates (subject to hydrolysis) is 1. The van der Waals surface area contributed by atoms with Crippen molar-refractivity contribution in [2.24, 2.45) is 5.92 Å². The fourth-order valence-corrected chi connectivity index (χ4v) is 1.87. The highest BCUT2D eigenvalue weighted by Crippen LogP contribution is 2.22. The molecular formula is C12H23NO3. The monoisotopic (exact) mass is 229 g/mol. The van der Waals surface area contributed by atoms with Crippen molar-refractivity contribution in [3.05, 3.63) is 0 Å². The number of hydrogen-bond acceptors (Lipinski definition) is 3. The summed E-state index contributed by atoms with van der Waals surface area (Å²) in [4.78, 5) is 22.0. The Morgan fingerprint density at radius 3 is 2.31 bits per heavy atom. The number of ether oxygens (including phenoxy) is 1. The third kappa shape index (κ3) is 4.64. The smallest absolute Gasteiger partial charge is 0.407 e. The van der Waals surface area contributed by atoms with Crippen LogP contribution in [0.2, 0.25) is 0 Å². The molecule has 94 valence electrons. The molecule has 0 radical (unpaired) electrons. The average Bonchev–Trinajstić information content (AvgIpc) is 2.16. The van der Waals surface area contributed by atoms with E-state index in [0.29, 0.717) is 0 Å². The van der Waals surface area contributed by atoms with Gasteiger partial charge in [0.1, 0.15) is 11.9 Å². The molecule has 1 saturated carbocycles. The molecule has 0 spiro atoms. The molecule has 0 atom stereocenters. The van der Waals surface area contributed by atoms with Crippen molar-refractivity contribution in [3.8, 4) is 0 Å². The Balaban J connectivity index is 0.00000256. The number of hydrogen-bond donors (Lipinski definition) is 1. The van der Waals surface area contributed by atoms with E-state index in [9.17, 15) is 9.59 Å². The van der Waals surface area contributed by atoms with Crippen molar-refractivity contribution < 1.29 is 15.8 Å². The largest absolute Gasteiger partial charge is 0.444 e. The summed E-state index contributed by atoms with van der Waals surface area (Å²) >= 11 is 0. The maximum atomic E-state index is 11.5. The predicted octanol–water partition coefficient (Wildman–Crippen LogP) is 2.51. The van der Waals surface area contributed by atoms with E-state index >= 15 is 0 Å². The molecule has 0 heterocycles. The topological polar surface area (TPSA) is 55.4 Å². The fraction of sp³-hybridized carbons (Fsp3) is 0.833. The van der Waals surface area contributed by atoms with Gasteiger partial charge in [-0.05, 0) is 46.5 Å². The first-order valence-corrected chi connectivity index (χ1v) is 5.85. The summed E-state index contributed by atoms with van der Waals surface area (Å²) < 4.78 is 5.17. The fourth-order valence-electron chi connectivity index (χ4n) is 1.87. The van der Waals surface area contributed by atoms with Gasteiger partial charge in [-0.25, -0.2) is 4.79 Å². The summed E-state index contributed by atoms with van der Waals surface area (Å²) in [6.07, 6.45) is 4.12. The van der Waals surface area contributed by atoms with Gasteiger partial charge in [-0.3, -0.25) is 0 Å². The molecule has 1 aliphatic rings. The Hall–Kier alpha value is -1.06. The van der Waals surface area contributed by atoms with Gasteiger partial charge in [0.2, 0.25) is 0 Å². The average molecular weight is 229 g/mol. The molecule has 0 unspecified atom stereocenters. The minimum absolute atomic E-state index is 0. The maximum absolute atomic E-state index is 11.5. The standard InChI is InChI=1S/C12H21NO3.H2/c1-12(2,3)16-11(15)13-10-6-4-9(8-14)5-7-10;/h8-10H,4-7H2,1-3H3,(H,13,15);1H. The highest BCUT2D eigenvalue weighted by Gasteiger charge is 2.24. The van der Waals surface area contributed by atoms with Gasteiger partial charge in [0.05, 0.1) is 0 Å². The van der Waals surface area contributed by atoms with E-state index in [0.717, 1.165) is 32.0 Å². The molecule has 1 aliphatic carbocycles. The van der Waals surface area contributed by atoms with Crippen LogP contribution in [0.3, 0.4) is 0 Å². The number of nitrogens with one attached hydrogen (secondary N) is 1. The molecule has 0 aliphatic heterocycles. The highest BCUT2D eigenvalue weighted by atomic mass is 16.6. The Bertz CT molecular complexity index is 255. The summed E-state index contributed by atoms with van der Waals surface area (Å²) in [5.74, 6) is 0.177. The molecule has 4 nitrogen and oxygen atoms in total. The van der Waals surface area contributed by atoms with Gasteiger partial charge in [0.15, 0.2) is 0 Å². The number of carbonyl (C=O) groups is 2. The van der Waals surface area contributed by atoms with Crippen LogP contribution in [-0.2, 0) is 9.53 Å². The first-order valence-electron chi connectivity index (χ1n) is 5.85. The van der Waals surface area contributed by atoms with Crippen LogP contribution in [0.25, 0.3) is 0 Å². The van der Waals surface area contributed by atoms with E-state index in [1.165, 1.54) is 0 Å². The lowest BCUT2D eigenvalue weighted by molar-refractivity contribution is -0.111. The third-order valence-corrected chi connectivity index (χ3v) is 2.69.